The zero-order valence-electron chi connectivity index (χ0n) is 12.7. The SMILES string of the molecule is CCNC1(CO)CCC(Oc2cccc(N(C)C)c2)C1. The maximum Gasteiger partial charge on any atom is 0.121 e. The zero-order chi connectivity index (χ0) is 14.6. The molecule has 0 heterocycles. The molecule has 1 aromatic rings. The summed E-state index contributed by atoms with van der Waals surface area (Å²) in [5.41, 5.74) is 0.985. The molecule has 2 unspecified atom stereocenters. The number of aliphatic hydroxyl groups excluding tert-OH is 1. The van der Waals surface area contributed by atoms with E-state index in [1.165, 1.54) is 0 Å². The summed E-state index contributed by atoms with van der Waals surface area (Å²) in [6.45, 7) is 3.13. The van der Waals surface area contributed by atoms with Crippen molar-refractivity contribution in [2.24, 2.45) is 0 Å². The third kappa shape index (κ3) is 3.44. The van der Waals surface area contributed by atoms with E-state index in [1.807, 2.05) is 26.2 Å². The van der Waals surface area contributed by atoms with Crippen LogP contribution in [0.25, 0.3) is 0 Å². The van der Waals surface area contributed by atoms with Gasteiger partial charge in [-0.2, -0.15) is 0 Å². The van der Waals surface area contributed by atoms with E-state index >= 15 is 0 Å². The molecule has 2 atom stereocenters. The number of nitrogens with one attached hydrogen (secondary N) is 1. The highest BCUT2D eigenvalue weighted by molar-refractivity contribution is 5.49. The van der Waals surface area contributed by atoms with Crippen molar-refractivity contribution >= 4 is 5.69 Å². The van der Waals surface area contributed by atoms with Gasteiger partial charge >= 0.3 is 0 Å². The molecule has 2 N–H and O–H groups in total. The van der Waals surface area contributed by atoms with Crippen molar-refractivity contribution < 1.29 is 9.84 Å². The van der Waals surface area contributed by atoms with Crippen molar-refractivity contribution in [3.8, 4) is 5.75 Å². The molecule has 1 aliphatic rings. The molecular formula is C16H26N2O2. The summed E-state index contributed by atoms with van der Waals surface area (Å²) in [5, 5.41) is 13.0. The fourth-order valence-corrected chi connectivity index (χ4v) is 2.94. The van der Waals surface area contributed by atoms with Crippen LogP contribution in [0, 0.1) is 0 Å². The highest BCUT2D eigenvalue weighted by Crippen LogP contribution is 2.33. The Hall–Kier alpha value is -1.26. The van der Waals surface area contributed by atoms with Gasteiger partial charge in [0.15, 0.2) is 0 Å². The van der Waals surface area contributed by atoms with Gasteiger partial charge in [-0.1, -0.05) is 13.0 Å². The monoisotopic (exact) mass is 278 g/mol. The molecular weight excluding hydrogens is 252 g/mol. The van der Waals surface area contributed by atoms with E-state index in [0.717, 1.165) is 37.2 Å². The van der Waals surface area contributed by atoms with Crippen LogP contribution < -0.4 is 15.0 Å². The normalized spacial score (nSPS) is 25.7. The predicted molar refractivity (Wildman–Crippen MR) is 82.5 cm³/mol. The quantitative estimate of drug-likeness (QED) is 0.835. The first-order chi connectivity index (χ1) is 9.58. The summed E-state index contributed by atoms with van der Waals surface area (Å²) in [6, 6.07) is 8.15. The van der Waals surface area contributed by atoms with Crippen molar-refractivity contribution in [3.63, 3.8) is 0 Å². The molecule has 0 radical (unpaired) electrons. The molecule has 0 bridgehead atoms. The highest BCUT2D eigenvalue weighted by atomic mass is 16.5. The minimum atomic E-state index is -0.154. The lowest BCUT2D eigenvalue weighted by Gasteiger charge is -2.28. The molecule has 1 saturated carbocycles. The molecule has 1 aromatic carbocycles. The van der Waals surface area contributed by atoms with Crippen LogP contribution in [0.4, 0.5) is 5.69 Å². The third-order valence-electron chi connectivity index (χ3n) is 4.05. The van der Waals surface area contributed by atoms with Gasteiger partial charge in [-0.05, 0) is 31.5 Å². The Kier molecular flexibility index (Phi) is 4.89. The summed E-state index contributed by atoms with van der Waals surface area (Å²) < 4.78 is 6.09. The maximum absolute atomic E-state index is 9.62. The van der Waals surface area contributed by atoms with E-state index in [-0.39, 0.29) is 18.2 Å². The number of rotatable bonds is 6. The Morgan fingerprint density at radius 1 is 1.45 bits per heavy atom. The fourth-order valence-electron chi connectivity index (χ4n) is 2.94. The van der Waals surface area contributed by atoms with Crippen LogP contribution in [0.15, 0.2) is 24.3 Å². The number of hydrogen-bond donors (Lipinski definition) is 2. The summed E-state index contributed by atoms with van der Waals surface area (Å²) in [7, 11) is 4.05. The minimum Gasteiger partial charge on any atom is -0.490 e. The van der Waals surface area contributed by atoms with Crippen molar-refractivity contribution in [1.82, 2.24) is 5.32 Å². The largest absolute Gasteiger partial charge is 0.490 e. The summed E-state index contributed by atoms with van der Waals surface area (Å²) in [4.78, 5) is 2.07. The lowest BCUT2D eigenvalue weighted by atomic mass is 9.99. The van der Waals surface area contributed by atoms with Crippen molar-refractivity contribution in [2.45, 2.75) is 37.8 Å². The second-order valence-electron chi connectivity index (χ2n) is 5.84. The van der Waals surface area contributed by atoms with Crippen molar-refractivity contribution in [2.75, 3.05) is 32.1 Å². The van der Waals surface area contributed by atoms with Gasteiger partial charge in [0, 0.05) is 37.8 Å². The van der Waals surface area contributed by atoms with Crippen LogP contribution in [0.2, 0.25) is 0 Å². The second kappa shape index (κ2) is 6.46. The van der Waals surface area contributed by atoms with Gasteiger partial charge in [-0.25, -0.2) is 0 Å². The first-order valence-corrected chi connectivity index (χ1v) is 7.38. The van der Waals surface area contributed by atoms with Gasteiger partial charge in [0.25, 0.3) is 0 Å². The van der Waals surface area contributed by atoms with E-state index in [1.54, 1.807) is 0 Å². The van der Waals surface area contributed by atoms with Crippen LogP contribution >= 0.6 is 0 Å². The highest BCUT2D eigenvalue weighted by Gasteiger charge is 2.39. The number of likely N-dealkylation sites (N-methyl/N-ethyl adjacent to an activating group) is 1. The Balaban J connectivity index is 1.99. The van der Waals surface area contributed by atoms with Crippen LogP contribution in [-0.4, -0.2) is 44.0 Å². The van der Waals surface area contributed by atoms with Gasteiger partial charge < -0.3 is 20.1 Å². The van der Waals surface area contributed by atoms with E-state index < -0.39 is 0 Å². The van der Waals surface area contributed by atoms with Gasteiger partial charge in [0.05, 0.1) is 6.61 Å². The Morgan fingerprint density at radius 3 is 2.90 bits per heavy atom. The first kappa shape index (κ1) is 15.1. The van der Waals surface area contributed by atoms with Gasteiger partial charge in [0.1, 0.15) is 11.9 Å². The zero-order valence-corrected chi connectivity index (χ0v) is 12.7. The van der Waals surface area contributed by atoms with Crippen molar-refractivity contribution in [1.29, 1.82) is 0 Å². The molecule has 0 aliphatic heterocycles. The lowest BCUT2D eigenvalue weighted by Crippen LogP contribution is -2.46. The first-order valence-electron chi connectivity index (χ1n) is 7.38. The van der Waals surface area contributed by atoms with Crippen molar-refractivity contribution in [3.05, 3.63) is 24.3 Å². The molecule has 4 nitrogen and oxygen atoms in total. The van der Waals surface area contributed by atoms with Gasteiger partial charge in [-0.3, -0.25) is 0 Å². The number of nitrogens with zero attached hydrogens (tertiary/aromatic N) is 1. The molecule has 20 heavy (non-hydrogen) atoms. The number of aliphatic hydroxyl groups is 1. The Bertz CT molecular complexity index is 436. The van der Waals surface area contributed by atoms with Crippen LogP contribution in [0.5, 0.6) is 5.75 Å². The van der Waals surface area contributed by atoms with Crippen LogP contribution in [0.1, 0.15) is 26.2 Å². The number of anilines is 1. The standard InChI is InChI=1S/C16H26N2O2/c1-4-17-16(12-19)9-8-15(11-16)20-14-7-5-6-13(10-14)18(2)3/h5-7,10,15,17,19H,4,8-9,11-12H2,1-3H3. The molecule has 1 aliphatic carbocycles. The Labute approximate surface area is 121 Å². The van der Waals surface area contributed by atoms with E-state index in [0.29, 0.717) is 0 Å². The third-order valence-corrected chi connectivity index (χ3v) is 4.05. The smallest absolute Gasteiger partial charge is 0.121 e. The number of ether oxygens (including phenoxy) is 1. The average Bonchev–Trinajstić information content (AvgIpc) is 2.83. The Morgan fingerprint density at radius 2 is 2.25 bits per heavy atom. The minimum absolute atomic E-state index is 0.154. The van der Waals surface area contributed by atoms with Crippen LogP contribution in [0.3, 0.4) is 0 Å². The molecule has 4 heteroatoms. The molecule has 112 valence electrons. The molecule has 2 rings (SSSR count). The van der Waals surface area contributed by atoms with E-state index in [9.17, 15) is 5.11 Å². The molecule has 0 spiro atoms. The van der Waals surface area contributed by atoms with E-state index in [4.69, 9.17) is 4.74 Å². The summed E-state index contributed by atoms with van der Waals surface area (Å²) in [5.74, 6) is 0.909. The second-order valence-corrected chi connectivity index (χ2v) is 5.84. The molecule has 0 amide bonds. The fraction of sp³-hybridized carbons (Fsp3) is 0.625. The number of benzene rings is 1. The summed E-state index contributed by atoms with van der Waals surface area (Å²) in [6.07, 6.45) is 3.00. The molecule has 0 aromatic heterocycles. The topological polar surface area (TPSA) is 44.7 Å². The van der Waals surface area contributed by atoms with Crippen LogP contribution in [-0.2, 0) is 0 Å². The lowest BCUT2D eigenvalue weighted by molar-refractivity contribution is 0.142. The van der Waals surface area contributed by atoms with Gasteiger partial charge in [-0.15, -0.1) is 0 Å². The van der Waals surface area contributed by atoms with E-state index in [2.05, 4.69) is 29.3 Å². The van der Waals surface area contributed by atoms with Gasteiger partial charge in [0.2, 0.25) is 0 Å². The molecule has 1 fully saturated rings. The predicted octanol–water partition coefficient (Wildman–Crippen LogP) is 2.02. The maximum atomic E-state index is 9.62. The summed E-state index contributed by atoms with van der Waals surface area (Å²) >= 11 is 0. The number of hydrogen-bond acceptors (Lipinski definition) is 4. The molecule has 0 saturated heterocycles. The average molecular weight is 278 g/mol.